The number of benzene rings is 1. The summed E-state index contributed by atoms with van der Waals surface area (Å²) >= 11 is 0. The molecule has 0 aliphatic carbocycles. The van der Waals surface area contributed by atoms with E-state index in [0.29, 0.717) is 13.1 Å². The van der Waals surface area contributed by atoms with Crippen molar-refractivity contribution in [3.05, 3.63) is 29.8 Å². The maximum atomic E-state index is 12.2. The molecule has 1 aliphatic heterocycles. The summed E-state index contributed by atoms with van der Waals surface area (Å²) in [7, 11) is -3.54. The number of carbonyl (C=O) groups excluding carboxylic acids is 1. The number of hydrogen-bond donors (Lipinski definition) is 1. The molecule has 23 heavy (non-hydrogen) atoms. The molecule has 1 unspecified atom stereocenters. The number of hydrogen-bond acceptors (Lipinski definition) is 4. The summed E-state index contributed by atoms with van der Waals surface area (Å²) < 4.78 is 32.5. The first-order chi connectivity index (χ1) is 10.9. The van der Waals surface area contributed by atoms with Crippen molar-refractivity contribution in [3.63, 3.8) is 0 Å². The molecule has 0 bridgehead atoms. The molecule has 128 valence electrons. The van der Waals surface area contributed by atoms with Gasteiger partial charge in [0.05, 0.1) is 11.0 Å². The fraction of sp³-hybridized carbons (Fsp3) is 0.562. The lowest BCUT2D eigenvalue weighted by molar-refractivity contribution is -0.130. The standard InChI is InChI=1S/C16H24N2O4S/c1-13-5-7-16(8-6-13)23(20,21)17-9-10-18(14(2)19)12-15-4-3-11-22-15/h5-8,15,17H,3-4,9-12H2,1-2H3. The zero-order valence-corrected chi connectivity index (χ0v) is 14.4. The highest BCUT2D eigenvalue weighted by Gasteiger charge is 2.21. The fourth-order valence-electron chi connectivity index (χ4n) is 2.53. The van der Waals surface area contributed by atoms with Gasteiger partial charge in [-0.3, -0.25) is 4.79 Å². The smallest absolute Gasteiger partial charge is 0.240 e. The molecule has 2 rings (SSSR count). The number of nitrogens with zero attached hydrogens (tertiary/aromatic N) is 1. The van der Waals surface area contributed by atoms with Gasteiger partial charge in [0.2, 0.25) is 15.9 Å². The van der Waals surface area contributed by atoms with E-state index >= 15 is 0 Å². The van der Waals surface area contributed by atoms with Crippen LogP contribution in [0.1, 0.15) is 25.3 Å². The minimum Gasteiger partial charge on any atom is -0.376 e. The molecule has 1 heterocycles. The van der Waals surface area contributed by atoms with Crippen LogP contribution in [-0.4, -0.2) is 51.6 Å². The lowest BCUT2D eigenvalue weighted by Gasteiger charge is -2.24. The van der Waals surface area contributed by atoms with Crippen LogP contribution < -0.4 is 4.72 Å². The van der Waals surface area contributed by atoms with Gasteiger partial charge in [0, 0.05) is 33.2 Å². The van der Waals surface area contributed by atoms with E-state index in [4.69, 9.17) is 4.74 Å². The van der Waals surface area contributed by atoms with Crippen LogP contribution in [0.5, 0.6) is 0 Å². The third-order valence-corrected chi connectivity index (χ3v) is 5.38. The quantitative estimate of drug-likeness (QED) is 0.812. The van der Waals surface area contributed by atoms with E-state index in [1.165, 1.54) is 6.92 Å². The minimum atomic E-state index is -3.54. The van der Waals surface area contributed by atoms with Gasteiger partial charge in [-0.05, 0) is 31.9 Å². The van der Waals surface area contributed by atoms with Gasteiger partial charge in [-0.2, -0.15) is 0 Å². The van der Waals surface area contributed by atoms with Crippen molar-refractivity contribution in [1.82, 2.24) is 9.62 Å². The molecule has 0 radical (unpaired) electrons. The molecule has 0 spiro atoms. The Morgan fingerprint density at radius 2 is 2.04 bits per heavy atom. The van der Waals surface area contributed by atoms with Crippen LogP contribution in [0.3, 0.4) is 0 Å². The predicted octanol–water partition coefficient (Wildman–Crippen LogP) is 1.30. The van der Waals surface area contributed by atoms with Crippen molar-refractivity contribution in [2.24, 2.45) is 0 Å². The summed E-state index contributed by atoms with van der Waals surface area (Å²) in [4.78, 5) is 13.6. The van der Waals surface area contributed by atoms with Gasteiger partial charge in [-0.15, -0.1) is 0 Å². The van der Waals surface area contributed by atoms with Crippen molar-refractivity contribution in [1.29, 1.82) is 0 Å². The van der Waals surface area contributed by atoms with Gasteiger partial charge in [-0.25, -0.2) is 13.1 Å². The predicted molar refractivity (Wildman–Crippen MR) is 87.6 cm³/mol. The monoisotopic (exact) mass is 340 g/mol. The summed E-state index contributed by atoms with van der Waals surface area (Å²) in [5.74, 6) is -0.0740. The Morgan fingerprint density at radius 1 is 1.35 bits per heavy atom. The summed E-state index contributed by atoms with van der Waals surface area (Å²) in [5, 5.41) is 0. The van der Waals surface area contributed by atoms with Crippen molar-refractivity contribution in [2.75, 3.05) is 26.2 Å². The molecule has 1 fully saturated rings. The van der Waals surface area contributed by atoms with Crippen molar-refractivity contribution in [2.45, 2.75) is 37.7 Å². The number of rotatable bonds is 7. The molecule has 0 saturated carbocycles. The summed E-state index contributed by atoms with van der Waals surface area (Å²) in [6, 6.07) is 6.67. The van der Waals surface area contributed by atoms with E-state index in [9.17, 15) is 13.2 Å². The second-order valence-corrected chi connectivity index (χ2v) is 7.58. The third-order valence-electron chi connectivity index (χ3n) is 3.90. The first kappa shape index (κ1) is 17.9. The highest BCUT2D eigenvalue weighted by molar-refractivity contribution is 7.89. The van der Waals surface area contributed by atoms with Crippen LogP contribution >= 0.6 is 0 Å². The van der Waals surface area contributed by atoms with E-state index in [1.807, 2.05) is 6.92 Å². The number of ether oxygens (including phenoxy) is 1. The largest absolute Gasteiger partial charge is 0.376 e. The minimum absolute atomic E-state index is 0.0626. The molecule has 1 aliphatic rings. The zero-order chi connectivity index (χ0) is 16.9. The molecule has 1 amide bonds. The Kier molecular flexibility index (Phi) is 6.15. The van der Waals surface area contributed by atoms with Gasteiger partial charge in [0.25, 0.3) is 0 Å². The summed E-state index contributed by atoms with van der Waals surface area (Å²) in [6.07, 6.45) is 2.02. The number of amides is 1. The van der Waals surface area contributed by atoms with Gasteiger partial charge >= 0.3 is 0 Å². The molecule has 6 nitrogen and oxygen atoms in total. The lowest BCUT2D eigenvalue weighted by Crippen LogP contribution is -2.41. The maximum absolute atomic E-state index is 12.2. The average molecular weight is 340 g/mol. The Labute approximate surface area is 137 Å². The molecule has 1 N–H and O–H groups in total. The number of aryl methyl sites for hydroxylation is 1. The first-order valence-corrected chi connectivity index (χ1v) is 9.30. The van der Waals surface area contributed by atoms with Gasteiger partial charge in [0.1, 0.15) is 0 Å². The van der Waals surface area contributed by atoms with Gasteiger partial charge in [-0.1, -0.05) is 17.7 Å². The highest BCUT2D eigenvalue weighted by atomic mass is 32.2. The molecule has 1 aromatic carbocycles. The first-order valence-electron chi connectivity index (χ1n) is 7.82. The third kappa shape index (κ3) is 5.30. The molecular weight excluding hydrogens is 316 g/mol. The van der Waals surface area contributed by atoms with Crippen molar-refractivity contribution < 1.29 is 17.9 Å². The number of carbonyl (C=O) groups is 1. The Balaban J connectivity index is 1.88. The van der Waals surface area contributed by atoms with Crippen LogP contribution in [0.2, 0.25) is 0 Å². The summed E-state index contributed by atoms with van der Waals surface area (Å²) in [5.41, 5.74) is 1.00. The van der Waals surface area contributed by atoms with E-state index < -0.39 is 10.0 Å². The molecule has 0 aromatic heterocycles. The van der Waals surface area contributed by atoms with E-state index in [2.05, 4.69) is 4.72 Å². The zero-order valence-electron chi connectivity index (χ0n) is 13.6. The highest BCUT2D eigenvalue weighted by Crippen LogP contribution is 2.13. The van der Waals surface area contributed by atoms with Crippen LogP contribution in [-0.2, 0) is 19.6 Å². The Hall–Kier alpha value is -1.44. The topological polar surface area (TPSA) is 75.7 Å². The molecule has 7 heteroatoms. The van der Waals surface area contributed by atoms with E-state index in [1.54, 1.807) is 29.2 Å². The average Bonchev–Trinajstić information content (AvgIpc) is 2.99. The van der Waals surface area contributed by atoms with E-state index in [-0.39, 0.29) is 23.5 Å². The van der Waals surface area contributed by atoms with Crippen LogP contribution in [0.25, 0.3) is 0 Å². The van der Waals surface area contributed by atoms with Crippen LogP contribution in [0, 0.1) is 6.92 Å². The molecule has 1 saturated heterocycles. The van der Waals surface area contributed by atoms with Gasteiger partial charge in [0.15, 0.2) is 0 Å². The number of nitrogens with one attached hydrogen (secondary N) is 1. The summed E-state index contributed by atoms with van der Waals surface area (Å²) in [6.45, 7) is 5.16. The Bertz CT molecular complexity index is 622. The van der Waals surface area contributed by atoms with Gasteiger partial charge < -0.3 is 9.64 Å². The second kappa shape index (κ2) is 7.90. The number of sulfonamides is 1. The molecule has 1 atom stereocenters. The molecule has 1 aromatic rings. The SMILES string of the molecule is CC(=O)N(CCNS(=O)(=O)c1ccc(C)cc1)CC1CCCO1. The molecular formula is C16H24N2O4S. The maximum Gasteiger partial charge on any atom is 0.240 e. The normalized spacial score (nSPS) is 18.1. The fourth-order valence-corrected chi connectivity index (χ4v) is 3.55. The van der Waals surface area contributed by atoms with Crippen LogP contribution in [0.15, 0.2) is 29.2 Å². The van der Waals surface area contributed by atoms with Crippen molar-refractivity contribution in [3.8, 4) is 0 Å². The lowest BCUT2D eigenvalue weighted by atomic mass is 10.2. The second-order valence-electron chi connectivity index (χ2n) is 5.81. The van der Waals surface area contributed by atoms with E-state index in [0.717, 1.165) is 25.0 Å². The Morgan fingerprint density at radius 3 is 2.61 bits per heavy atom. The van der Waals surface area contributed by atoms with Crippen molar-refractivity contribution >= 4 is 15.9 Å². The van der Waals surface area contributed by atoms with Crippen LogP contribution in [0.4, 0.5) is 0 Å².